The van der Waals surface area contributed by atoms with Gasteiger partial charge in [-0.3, -0.25) is 14.9 Å². The molecule has 8 heteroatoms. The van der Waals surface area contributed by atoms with Gasteiger partial charge in [-0.15, -0.1) is 0 Å². The number of primary amides is 1. The lowest BCUT2D eigenvalue weighted by Crippen LogP contribution is -2.46. The standard InChI is InChI=1S/C17H18N6O2/c18-14(24)10-3-6-23(7-4-10)17-21-13(16(25)22-17)8-11-9-20-15-12(11)2-1-5-19-15/h1-2,5,8-10H,3-4,6-7H2,(H2,18,24)(H,19,20)(H,21,22,25). The van der Waals surface area contributed by atoms with Crippen molar-refractivity contribution in [3.8, 4) is 0 Å². The van der Waals surface area contributed by atoms with Crippen LogP contribution in [0.4, 0.5) is 0 Å². The zero-order chi connectivity index (χ0) is 17.4. The molecule has 0 aromatic carbocycles. The molecule has 2 aliphatic heterocycles. The molecule has 25 heavy (non-hydrogen) atoms. The number of aromatic amines is 1. The van der Waals surface area contributed by atoms with Gasteiger partial charge in [-0.25, -0.2) is 9.98 Å². The molecular formula is C17H18N6O2. The maximum atomic E-state index is 12.2. The molecule has 2 aliphatic rings. The van der Waals surface area contributed by atoms with Crippen LogP contribution < -0.4 is 11.1 Å². The van der Waals surface area contributed by atoms with E-state index in [-0.39, 0.29) is 17.7 Å². The van der Waals surface area contributed by atoms with Gasteiger partial charge < -0.3 is 15.6 Å². The molecule has 4 rings (SSSR count). The highest BCUT2D eigenvalue weighted by molar-refractivity contribution is 6.14. The number of hydrogen-bond acceptors (Lipinski definition) is 5. The van der Waals surface area contributed by atoms with Crippen LogP contribution in [0.1, 0.15) is 18.4 Å². The van der Waals surface area contributed by atoms with Crippen LogP contribution >= 0.6 is 0 Å². The van der Waals surface area contributed by atoms with E-state index in [1.807, 2.05) is 23.2 Å². The van der Waals surface area contributed by atoms with Crippen molar-refractivity contribution in [1.29, 1.82) is 0 Å². The molecule has 2 aromatic heterocycles. The Morgan fingerprint density at radius 3 is 2.92 bits per heavy atom. The van der Waals surface area contributed by atoms with Crippen LogP contribution in [0.2, 0.25) is 0 Å². The molecule has 128 valence electrons. The number of H-pyrrole nitrogens is 1. The molecule has 4 heterocycles. The van der Waals surface area contributed by atoms with E-state index in [0.29, 0.717) is 37.6 Å². The average Bonchev–Trinajstić information content (AvgIpc) is 3.20. The minimum Gasteiger partial charge on any atom is -0.369 e. The zero-order valence-corrected chi connectivity index (χ0v) is 13.5. The second-order valence-electron chi connectivity index (χ2n) is 6.23. The molecule has 0 radical (unpaired) electrons. The topological polar surface area (TPSA) is 116 Å². The van der Waals surface area contributed by atoms with Crippen LogP contribution in [-0.4, -0.2) is 45.7 Å². The van der Waals surface area contributed by atoms with E-state index in [9.17, 15) is 9.59 Å². The van der Waals surface area contributed by atoms with Gasteiger partial charge in [0.05, 0.1) is 0 Å². The number of carbonyl (C=O) groups excluding carboxylic acids is 2. The Labute approximate surface area is 143 Å². The van der Waals surface area contributed by atoms with Gasteiger partial charge in [0.2, 0.25) is 11.9 Å². The Balaban J connectivity index is 1.55. The molecule has 0 unspecified atom stereocenters. The van der Waals surface area contributed by atoms with Crippen molar-refractivity contribution in [2.45, 2.75) is 12.8 Å². The maximum absolute atomic E-state index is 12.2. The number of nitrogens with one attached hydrogen (secondary N) is 2. The monoisotopic (exact) mass is 338 g/mol. The van der Waals surface area contributed by atoms with E-state index in [1.54, 1.807) is 12.3 Å². The fourth-order valence-corrected chi connectivity index (χ4v) is 3.23. The number of hydrogen-bond donors (Lipinski definition) is 3. The molecule has 8 nitrogen and oxygen atoms in total. The van der Waals surface area contributed by atoms with Gasteiger partial charge in [-0.05, 0) is 31.1 Å². The third-order valence-electron chi connectivity index (χ3n) is 4.66. The second kappa shape index (κ2) is 6.04. The van der Waals surface area contributed by atoms with Gasteiger partial charge in [-0.2, -0.15) is 0 Å². The van der Waals surface area contributed by atoms with Crippen molar-refractivity contribution in [2.75, 3.05) is 13.1 Å². The molecule has 0 saturated carbocycles. The molecule has 2 amide bonds. The summed E-state index contributed by atoms with van der Waals surface area (Å²) in [4.78, 5) is 37.2. The van der Waals surface area contributed by atoms with Crippen molar-refractivity contribution in [3.05, 3.63) is 35.8 Å². The summed E-state index contributed by atoms with van der Waals surface area (Å²) < 4.78 is 0. The highest BCUT2D eigenvalue weighted by Gasteiger charge is 2.29. The summed E-state index contributed by atoms with van der Waals surface area (Å²) in [6.07, 6.45) is 6.63. The number of fused-ring (bicyclic) bond motifs is 1. The first-order valence-electron chi connectivity index (χ1n) is 8.20. The molecule has 0 atom stereocenters. The third kappa shape index (κ3) is 2.86. The number of piperidine rings is 1. The Kier molecular flexibility index (Phi) is 3.72. The third-order valence-corrected chi connectivity index (χ3v) is 4.66. The van der Waals surface area contributed by atoms with E-state index in [1.165, 1.54) is 0 Å². The number of nitrogens with two attached hydrogens (primary N) is 1. The van der Waals surface area contributed by atoms with Crippen LogP contribution in [0.15, 0.2) is 35.2 Å². The first-order valence-corrected chi connectivity index (χ1v) is 8.20. The lowest BCUT2D eigenvalue weighted by atomic mass is 9.96. The number of rotatable bonds is 2. The Bertz CT molecular complexity index is 905. The van der Waals surface area contributed by atoms with Crippen molar-refractivity contribution in [1.82, 2.24) is 20.2 Å². The number of likely N-dealkylation sites (tertiary alicyclic amines) is 1. The number of carbonyl (C=O) groups is 2. The van der Waals surface area contributed by atoms with E-state index < -0.39 is 0 Å². The smallest absolute Gasteiger partial charge is 0.276 e. The highest BCUT2D eigenvalue weighted by atomic mass is 16.2. The summed E-state index contributed by atoms with van der Waals surface area (Å²) in [6, 6.07) is 3.79. The molecule has 0 spiro atoms. The van der Waals surface area contributed by atoms with Gasteiger partial charge in [0, 0.05) is 42.4 Å². The molecule has 4 N–H and O–H groups in total. The van der Waals surface area contributed by atoms with Crippen molar-refractivity contribution in [2.24, 2.45) is 16.6 Å². The lowest BCUT2D eigenvalue weighted by molar-refractivity contribution is -0.123. The van der Waals surface area contributed by atoms with Gasteiger partial charge in [0.15, 0.2) is 0 Å². The van der Waals surface area contributed by atoms with Gasteiger partial charge in [-0.1, -0.05) is 0 Å². The van der Waals surface area contributed by atoms with Gasteiger partial charge >= 0.3 is 0 Å². The van der Waals surface area contributed by atoms with Crippen molar-refractivity contribution in [3.63, 3.8) is 0 Å². The minimum absolute atomic E-state index is 0.0947. The fraction of sp³-hybridized carbons (Fsp3) is 0.294. The fourth-order valence-electron chi connectivity index (χ4n) is 3.23. The summed E-state index contributed by atoms with van der Waals surface area (Å²) in [5, 5.41) is 3.74. The largest absolute Gasteiger partial charge is 0.369 e. The Morgan fingerprint density at radius 1 is 1.36 bits per heavy atom. The maximum Gasteiger partial charge on any atom is 0.276 e. The van der Waals surface area contributed by atoms with Crippen molar-refractivity contribution >= 4 is 34.9 Å². The molecule has 2 aromatic rings. The predicted molar refractivity (Wildman–Crippen MR) is 93.1 cm³/mol. The number of aliphatic imine (C=N–C) groups is 1. The molecule has 0 aliphatic carbocycles. The molecular weight excluding hydrogens is 320 g/mol. The first kappa shape index (κ1) is 15.4. The Morgan fingerprint density at radius 2 is 2.16 bits per heavy atom. The van der Waals surface area contributed by atoms with Crippen LogP contribution in [0.25, 0.3) is 17.1 Å². The predicted octanol–water partition coefficient (Wildman–Crippen LogP) is 0.587. The summed E-state index contributed by atoms with van der Waals surface area (Å²) in [7, 11) is 0. The zero-order valence-electron chi connectivity index (χ0n) is 13.5. The summed E-state index contributed by atoms with van der Waals surface area (Å²) in [5.74, 6) is -0.0457. The summed E-state index contributed by atoms with van der Waals surface area (Å²) >= 11 is 0. The highest BCUT2D eigenvalue weighted by Crippen LogP contribution is 2.22. The van der Waals surface area contributed by atoms with E-state index in [2.05, 4.69) is 20.3 Å². The van der Waals surface area contributed by atoms with Crippen LogP contribution in [0.3, 0.4) is 0 Å². The quantitative estimate of drug-likeness (QED) is 0.695. The van der Waals surface area contributed by atoms with E-state index in [4.69, 9.17) is 5.73 Å². The first-order chi connectivity index (χ1) is 12.1. The van der Waals surface area contributed by atoms with Crippen LogP contribution in [-0.2, 0) is 9.59 Å². The van der Waals surface area contributed by atoms with Gasteiger partial charge in [0.25, 0.3) is 5.91 Å². The number of nitrogens with zero attached hydrogens (tertiary/aromatic N) is 3. The number of pyridine rings is 1. The van der Waals surface area contributed by atoms with Gasteiger partial charge in [0.1, 0.15) is 11.3 Å². The van der Waals surface area contributed by atoms with E-state index >= 15 is 0 Å². The number of guanidine groups is 1. The normalized spacial score (nSPS) is 20.2. The molecule has 1 saturated heterocycles. The summed E-state index contributed by atoms with van der Waals surface area (Å²) in [6.45, 7) is 1.30. The molecule has 0 bridgehead atoms. The molecule has 1 fully saturated rings. The Hall–Kier alpha value is -3.16. The number of amides is 2. The SMILES string of the molecule is NC(=O)C1CCN(C2=NC(=Cc3c[nH]c4ncccc34)C(=O)N2)CC1. The average molecular weight is 338 g/mol. The van der Waals surface area contributed by atoms with Crippen LogP contribution in [0.5, 0.6) is 0 Å². The minimum atomic E-state index is -0.259. The van der Waals surface area contributed by atoms with E-state index in [0.717, 1.165) is 16.6 Å². The second-order valence-corrected chi connectivity index (χ2v) is 6.23. The number of aromatic nitrogens is 2. The lowest BCUT2D eigenvalue weighted by Gasteiger charge is -2.31. The van der Waals surface area contributed by atoms with Crippen LogP contribution in [0, 0.1) is 5.92 Å². The van der Waals surface area contributed by atoms with Crippen molar-refractivity contribution < 1.29 is 9.59 Å². The summed E-state index contributed by atoms with van der Waals surface area (Å²) in [5.41, 5.74) is 7.35.